The molecule has 1 saturated heterocycles. The van der Waals surface area contributed by atoms with Crippen LogP contribution in [0.15, 0.2) is 0 Å². The molecule has 1 fully saturated rings. The molecule has 0 aromatic rings. The first kappa shape index (κ1) is 10.6. The molecule has 1 rings (SSSR count). The molecular weight excluding hydrogens is 188 g/mol. The molecule has 0 aromatic carbocycles. The van der Waals surface area contributed by atoms with Gasteiger partial charge in [0, 0.05) is 34.5 Å². The molecule has 1 heterocycles. The van der Waals surface area contributed by atoms with E-state index in [0.717, 1.165) is 12.5 Å². The molecule has 0 spiro atoms. The number of hydrogen-bond donors (Lipinski definition) is 1. The SMILES string of the molecule is [CH2+]CC1CN1SSNC(C)CC. The zero-order valence-corrected chi connectivity index (χ0v) is 9.38. The Balaban J connectivity index is 1.90. The van der Waals surface area contributed by atoms with Crippen molar-refractivity contribution in [3.8, 4) is 0 Å². The highest BCUT2D eigenvalue weighted by molar-refractivity contribution is 8.75. The van der Waals surface area contributed by atoms with E-state index >= 15 is 0 Å². The lowest BCUT2D eigenvalue weighted by Gasteiger charge is -2.08. The van der Waals surface area contributed by atoms with Gasteiger partial charge >= 0.3 is 0 Å². The Morgan fingerprint density at radius 2 is 2.50 bits per heavy atom. The maximum Gasteiger partial charge on any atom is 0.103 e. The molecule has 1 aliphatic heterocycles. The molecule has 4 heteroatoms. The lowest BCUT2D eigenvalue weighted by molar-refractivity contribution is 0.671. The van der Waals surface area contributed by atoms with E-state index in [4.69, 9.17) is 0 Å². The molecule has 0 aliphatic carbocycles. The summed E-state index contributed by atoms with van der Waals surface area (Å²) >= 11 is 0. The van der Waals surface area contributed by atoms with Gasteiger partial charge in [-0.05, 0) is 13.3 Å². The minimum Gasteiger partial charge on any atom is -0.251 e. The van der Waals surface area contributed by atoms with E-state index in [1.807, 2.05) is 11.0 Å². The Labute approximate surface area is 83.5 Å². The van der Waals surface area contributed by atoms with Gasteiger partial charge in [-0.1, -0.05) is 6.92 Å². The van der Waals surface area contributed by atoms with Crippen LogP contribution in [0.5, 0.6) is 0 Å². The van der Waals surface area contributed by atoms with Crippen molar-refractivity contribution in [1.29, 1.82) is 0 Å². The Morgan fingerprint density at radius 3 is 3.00 bits per heavy atom. The summed E-state index contributed by atoms with van der Waals surface area (Å²) in [7, 11) is 3.56. The monoisotopic (exact) mass is 205 g/mol. The van der Waals surface area contributed by atoms with Crippen molar-refractivity contribution in [3.05, 3.63) is 6.92 Å². The van der Waals surface area contributed by atoms with Gasteiger partial charge in [0.25, 0.3) is 0 Å². The van der Waals surface area contributed by atoms with E-state index in [1.165, 1.54) is 13.0 Å². The molecule has 0 radical (unpaired) electrons. The molecule has 1 N–H and O–H groups in total. The van der Waals surface area contributed by atoms with Crippen molar-refractivity contribution in [3.63, 3.8) is 0 Å². The van der Waals surface area contributed by atoms with Gasteiger partial charge < -0.3 is 0 Å². The maximum atomic E-state index is 3.87. The van der Waals surface area contributed by atoms with E-state index in [9.17, 15) is 0 Å². The lowest BCUT2D eigenvalue weighted by atomic mass is 10.3. The second-order valence-corrected chi connectivity index (χ2v) is 5.09. The van der Waals surface area contributed by atoms with Gasteiger partial charge in [-0.25, -0.2) is 4.31 Å². The second kappa shape index (κ2) is 5.27. The number of hydrogen-bond acceptors (Lipinski definition) is 4. The number of nitrogens with zero attached hydrogens (tertiary/aromatic N) is 1. The standard InChI is InChI=1S/C8H17N2S2/c1-4-7(3)9-11-12-10-6-8(10)5-2/h7-9H,2,4-6H2,1,3H3/q+1. The van der Waals surface area contributed by atoms with Crippen LogP contribution in [0.2, 0.25) is 0 Å². The molecular formula is C8H17N2S2+. The smallest absolute Gasteiger partial charge is 0.103 e. The zero-order chi connectivity index (χ0) is 8.97. The van der Waals surface area contributed by atoms with Gasteiger partial charge in [0.1, 0.15) is 6.42 Å². The first-order chi connectivity index (χ1) is 5.77. The lowest BCUT2D eigenvalue weighted by Crippen LogP contribution is -2.16. The van der Waals surface area contributed by atoms with Crippen LogP contribution in [0.1, 0.15) is 26.7 Å². The first-order valence-electron chi connectivity index (χ1n) is 4.43. The molecule has 3 atom stereocenters. The van der Waals surface area contributed by atoms with E-state index in [-0.39, 0.29) is 0 Å². The third-order valence-electron chi connectivity index (χ3n) is 1.99. The van der Waals surface area contributed by atoms with E-state index in [2.05, 4.69) is 29.8 Å². The Hall–Kier alpha value is 0.490. The minimum absolute atomic E-state index is 0.612. The van der Waals surface area contributed by atoms with Crippen LogP contribution < -0.4 is 4.72 Å². The van der Waals surface area contributed by atoms with Gasteiger partial charge in [-0.3, -0.25) is 4.72 Å². The molecule has 0 amide bonds. The maximum absolute atomic E-state index is 3.87. The van der Waals surface area contributed by atoms with Crippen molar-refractivity contribution in [1.82, 2.24) is 9.03 Å². The predicted octanol–water partition coefficient (Wildman–Crippen LogP) is 2.49. The third-order valence-corrected chi connectivity index (χ3v) is 4.29. The molecule has 0 aromatic heterocycles. The molecule has 3 unspecified atom stereocenters. The molecule has 2 nitrogen and oxygen atoms in total. The van der Waals surface area contributed by atoms with Crippen molar-refractivity contribution >= 4 is 22.0 Å². The molecule has 1 aliphatic rings. The Morgan fingerprint density at radius 1 is 1.75 bits per heavy atom. The third kappa shape index (κ3) is 3.47. The summed E-state index contributed by atoms with van der Waals surface area (Å²) in [6, 6.07) is 1.35. The van der Waals surface area contributed by atoms with Gasteiger partial charge in [-0.2, -0.15) is 0 Å². The largest absolute Gasteiger partial charge is 0.251 e. The predicted molar refractivity (Wildman–Crippen MR) is 58.5 cm³/mol. The number of rotatable bonds is 6. The fourth-order valence-corrected chi connectivity index (χ4v) is 3.11. The summed E-state index contributed by atoms with van der Waals surface area (Å²) in [6.07, 6.45) is 2.23. The van der Waals surface area contributed by atoms with Crippen molar-refractivity contribution in [2.75, 3.05) is 6.54 Å². The minimum atomic E-state index is 0.612. The van der Waals surface area contributed by atoms with Crippen LogP contribution in [-0.2, 0) is 0 Å². The summed E-state index contributed by atoms with van der Waals surface area (Å²) < 4.78 is 5.72. The molecule has 0 bridgehead atoms. The summed E-state index contributed by atoms with van der Waals surface area (Å²) in [5.74, 6) is 0. The molecule has 12 heavy (non-hydrogen) atoms. The Bertz CT molecular complexity index is 132. The van der Waals surface area contributed by atoms with E-state index in [0.29, 0.717) is 6.04 Å². The fraction of sp³-hybridized carbons (Fsp3) is 0.875. The normalized spacial score (nSPS) is 30.2. The van der Waals surface area contributed by atoms with Crippen molar-refractivity contribution in [2.24, 2.45) is 0 Å². The summed E-state index contributed by atoms with van der Waals surface area (Å²) in [5, 5.41) is 0. The van der Waals surface area contributed by atoms with Gasteiger partial charge in [0.15, 0.2) is 0 Å². The highest BCUT2D eigenvalue weighted by Crippen LogP contribution is 2.36. The molecule has 70 valence electrons. The van der Waals surface area contributed by atoms with Crippen LogP contribution in [0.3, 0.4) is 0 Å². The topological polar surface area (TPSA) is 15.0 Å². The van der Waals surface area contributed by atoms with Crippen LogP contribution in [0.25, 0.3) is 0 Å². The van der Waals surface area contributed by atoms with Gasteiger partial charge in [-0.15, -0.1) is 0 Å². The quantitative estimate of drug-likeness (QED) is 0.310. The summed E-state index contributed by atoms with van der Waals surface area (Å²) in [4.78, 5) is 0. The van der Waals surface area contributed by atoms with Crippen LogP contribution >= 0.6 is 22.0 Å². The van der Waals surface area contributed by atoms with E-state index in [1.54, 1.807) is 11.0 Å². The second-order valence-electron chi connectivity index (χ2n) is 3.13. The Kier molecular flexibility index (Phi) is 4.64. The molecule has 0 saturated carbocycles. The van der Waals surface area contributed by atoms with Gasteiger partial charge in [0.2, 0.25) is 0 Å². The fourth-order valence-electron chi connectivity index (χ4n) is 0.722. The van der Waals surface area contributed by atoms with Crippen LogP contribution in [0.4, 0.5) is 0 Å². The van der Waals surface area contributed by atoms with Gasteiger partial charge in [0.05, 0.1) is 13.0 Å². The van der Waals surface area contributed by atoms with Crippen LogP contribution in [-0.4, -0.2) is 22.9 Å². The van der Waals surface area contributed by atoms with Crippen LogP contribution in [0, 0.1) is 6.92 Å². The first-order valence-corrected chi connectivity index (χ1v) is 6.53. The summed E-state index contributed by atoms with van der Waals surface area (Å²) in [5.41, 5.74) is 0. The van der Waals surface area contributed by atoms with E-state index < -0.39 is 0 Å². The van der Waals surface area contributed by atoms with Crippen molar-refractivity contribution in [2.45, 2.75) is 38.8 Å². The average molecular weight is 205 g/mol. The zero-order valence-electron chi connectivity index (χ0n) is 7.75. The summed E-state index contributed by atoms with van der Waals surface area (Å²) in [6.45, 7) is 9.48. The highest BCUT2D eigenvalue weighted by Gasteiger charge is 2.35. The average Bonchev–Trinajstić information content (AvgIpc) is 2.83. The highest BCUT2D eigenvalue weighted by atomic mass is 33.1. The van der Waals surface area contributed by atoms with Crippen molar-refractivity contribution < 1.29 is 0 Å². The number of nitrogens with one attached hydrogen (secondary N) is 1.